The molecule has 1 heteroatoms. The molecule has 2 aliphatic carbocycles. The second-order valence-corrected chi connectivity index (χ2v) is 17.7. The summed E-state index contributed by atoms with van der Waals surface area (Å²) >= 11 is 0. The molecule has 0 unspecified atom stereocenters. The van der Waals surface area contributed by atoms with Crippen LogP contribution in [0.15, 0.2) is 212 Å². The molecule has 0 aliphatic heterocycles. The van der Waals surface area contributed by atoms with E-state index in [0.717, 1.165) is 17.1 Å². The van der Waals surface area contributed by atoms with E-state index in [9.17, 15) is 0 Å². The first-order chi connectivity index (χ1) is 29.8. The third kappa shape index (κ3) is 5.91. The SMILES string of the molecule is CC1(C)c2ccccc2-c2ccc(N(c3ccc(-c4ccccc4)cc3)c3cccc(-c4ccc(-c5ccccc5)cc4)c3-c3cccc4c3-c3ccccc3C4(C)C)cc21. The highest BCUT2D eigenvalue weighted by Crippen LogP contribution is 2.56. The van der Waals surface area contributed by atoms with Crippen molar-refractivity contribution in [2.24, 2.45) is 0 Å². The third-order valence-corrected chi connectivity index (χ3v) is 13.5. The molecule has 0 radical (unpaired) electrons. The normalized spacial score (nSPS) is 13.8. The molecule has 0 amide bonds. The van der Waals surface area contributed by atoms with Gasteiger partial charge in [0, 0.05) is 27.8 Å². The van der Waals surface area contributed by atoms with Crippen molar-refractivity contribution in [2.75, 3.05) is 4.90 Å². The Hall–Kier alpha value is -7.22. The molecule has 0 aromatic heterocycles. The zero-order valence-electron chi connectivity index (χ0n) is 35.2. The van der Waals surface area contributed by atoms with Gasteiger partial charge in [-0.05, 0) is 114 Å². The molecule has 292 valence electrons. The van der Waals surface area contributed by atoms with Crippen molar-refractivity contribution in [3.63, 3.8) is 0 Å². The molecular formula is C60H47N. The largest absolute Gasteiger partial charge is 0.310 e. The van der Waals surface area contributed by atoms with Crippen LogP contribution >= 0.6 is 0 Å². The van der Waals surface area contributed by atoms with Gasteiger partial charge in [-0.15, -0.1) is 0 Å². The molecule has 0 atom stereocenters. The highest BCUT2D eigenvalue weighted by atomic mass is 15.1. The Labute approximate surface area is 360 Å². The van der Waals surface area contributed by atoms with E-state index >= 15 is 0 Å². The van der Waals surface area contributed by atoms with Crippen molar-refractivity contribution in [1.82, 2.24) is 0 Å². The van der Waals surface area contributed by atoms with Gasteiger partial charge < -0.3 is 4.90 Å². The minimum Gasteiger partial charge on any atom is -0.310 e. The van der Waals surface area contributed by atoms with E-state index in [0.29, 0.717) is 0 Å². The molecule has 0 spiro atoms. The lowest BCUT2D eigenvalue weighted by molar-refractivity contribution is 0.660. The molecule has 0 heterocycles. The van der Waals surface area contributed by atoms with Crippen molar-refractivity contribution in [1.29, 1.82) is 0 Å². The monoisotopic (exact) mass is 781 g/mol. The van der Waals surface area contributed by atoms with Crippen LogP contribution in [0.5, 0.6) is 0 Å². The van der Waals surface area contributed by atoms with Crippen LogP contribution in [0.25, 0.3) is 66.8 Å². The van der Waals surface area contributed by atoms with Crippen LogP contribution in [0.1, 0.15) is 49.9 Å². The number of benzene rings is 9. The Balaban J connectivity index is 1.18. The van der Waals surface area contributed by atoms with Crippen molar-refractivity contribution < 1.29 is 0 Å². The summed E-state index contributed by atoms with van der Waals surface area (Å²) in [6.45, 7) is 9.50. The maximum Gasteiger partial charge on any atom is 0.0546 e. The van der Waals surface area contributed by atoms with Gasteiger partial charge in [-0.25, -0.2) is 0 Å². The minimum absolute atomic E-state index is 0.137. The summed E-state index contributed by atoms with van der Waals surface area (Å²) in [5, 5.41) is 0. The summed E-state index contributed by atoms with van der Waals surface area (Å²) in [5.41, 5.74) is 23.5. The van der Waals surface area contributed by atoms with Crippen LogP contribution in [0.3, 0.4) is 0 Å². The molecular weight excluding hydrogens is 735 g/mol. The molecule has 61 heavy (non-hydrogen) atoms. The first-order valence-corrected chi connectivity index (χ1v) is 21.5. The predicted octanol–water partition coefficient (Wildman–Crippen LogP) is 16.4. The Kier molecular flexibility index (Phi) is 8.58. The average molecular weight is 782 g/mol. The van der Waals surface area contributed by atoms with Gasteiger partial charge in [0.2, 0.25) is 0 Å². The molecule has 9 aromatic carbocycles. The zero-order valence-corrected chi connectivity index (χ0v) is 35.2. The lowest BCUT2D eigenvalue weighted by atomic mass is 9.81. The van der Waals surface area contributed by atoms with Crippen molar-refractivity contribution >= 4 is 17.1 Å². The summed E-state index contributed by atoms with van der Waals surface area (Å²) in [5.74, 6) is 0. The van der Waals surface area contributed by atoms with Gasteiger partial charge in [-0.1, -0.05) is 210 Å². The van der Waals surface area contributed by atoms with E-state index < -0.39 is 0 Å². The highest BCUT2D eigenvalue weighted by molar-refractivity contribution is 6.04. The fourth-order valence-electron chi connectivity index (χ4n) is 10.4. The molecule has 11 rings (SSSR count). The molecule has 0 saturated carbocycles. The predicted molar refractivity (Wildman–Crippen MR) is 258 cm³/mol. The van der Waals surface area contributed by atoms with Crippen LogP contribution in [-0.2, 0) is 10.8 Å². The highest BCUT2D eigenvalue weighted by Gasteiger charge is 2.39. The molecule has 9 aromatic rings. The van der Waals surface area contributed by atoms with E-state index in [1.54, 1.807) is 0 Å². The quantitative estimate of drug-likeness (QED) is 0.156. The summed E-state index contributed by atoms with van der Waals surface area (Å²) in [4.78, 5) is 2.51. The summed E-state index contributed by atoms with van der Waals surface area (Å²) < 4.78 is 0. The van der Waals surface area contributed by atoms with Crippen LogP contribution in [0, 0.1) is 0 Å². The lowest BCUT2D eigenvalue weighted by Gasteiger charge is -2.31. The van der Waals surface area contributed by atoms with Gasteiger partial charge in [0.25, 0.3) is 0 Å². The Morgan fingerprint density at radius 2 is 0.721 bits per heavy atom. The number of hydrogen-bond acceptors (Lipinski definition) is 1. The van der Waals surface area contributed by atoms with Gasteiger partial charge in [0.05, 0.1) is 5.69 Å². The van der Waals surface area contributed by atoms with Gasteiger partial charge >= 0.3 is 0 Å². The standard InChI is InChI=1S/C60H47N/c1-59(2)53-26-14-12-22-50(53)57-51(24-15-27-54(57)59)58-47(44-31-29-42(30-32-44)40-17-7-5-8-18-40)23-16-28-56(58)61(45-35-33-43(34-36-45)41-19-9-6-10-20-41)46-37-38-49-48-21-11-13-25-52(48)60(3,4)55(49)39-46/h5-39H,1-4H3. The third-order valence-electron chi connectivity index (χ3n) is 13.5. The number of fused-ring (bicyclic) bond motifs is 6. The summed E-state index contributed by atoms with van der Waals surface area (Å²) in [6.07, 6.45) is 0. The van der Waals surface area contributed by atoms with Gasteiger partial charge in [-0.2, -0.15) is 0 Å². The van der Waals surface area contributed by atoms with E-state index in [4.69, 9.17) is 0 Å². The number of nitrogens with zero attached hydrogens (tertiary/aromatic N) is 1. The zero-order chi connectivity index (χ0) is 41.3. The van der Waals surface area contributed by atoms with Crippen LogP contribution < -0.4 is 4.90 Å². The van der Waals surface area contributed by atoms with Crippen LogP contribution in [-0.4, -0.2) is 0 Å². The van der Waals surface area contributed by atoms with Gasteiger partial charge in [0.15, 0.2) is 0 Å². The molecule has 1 nitrogen and oxygen atoms in total. The first kappa shape index (κ1) is 36.8. The maximum atomic E-state index is 2.51. The van der Waals surface area contributed by atoms with Gasteiger partial charge in [-0.3, -0.25) is 0 Å². The maximum absolute atomic E-state index is 2.51. The minimum atomic E-state index is -0.147. The molecule has 0 fully saturated rings. The van der Waals surface area contributed by atoms with E-state index in [1.807, 2.05) is 0 Å². The second kappa shape index (κ2) is 14.2. The second-order valence-electron chi connectivity index (χ2n) is 17.7. The smallest absolute Gasteiger partial charge is 0.0546 e. The topological polar surface area (TPSA) is 3.24 Å². The van der Waals surface area contributed by atoms with Crippen molar-refractivity contribution in [2.45, 2.75) is 38.5 Å². The van der Waals surface area contributed by atoms with Gasteiger partial charge in [0.1, 0.15) is 0 Å². The summed E-state index contributed by atoms with van der Waals surface area (Å²) in [7, 11) is 0. The Bertz CT molecular complexity index is 3100. The number of hydrogen-bond donors (Lipinski definition) is 0. The van der Waals surface area contributed by atoms with E-state index in [-0.39, 0.29) is 10.8 Å². The van der Waals surface area contributed by atoms with E-state index in [1.165, 1.54) is 89.0 Å². The molecule has 0 saturated heterocycles. The molecule has 0 bridgehead atoms. The Morgan fingerprint density at radius 3 is 1.39 bits per heavy atom. The number of anilines is 3. The fourth-order valence-corrected chi connectivity index (χ4v) is 10.4. The lowest BCUT2D eigenvalue weighted by Crippen LogP contribution is -2.17. The number of rotatable bonds is 7. The summed E-state index contributed by atoms with van der Waals surface area (Å²) in [6, 6.07) is 78.6. The van der Waals surface area contributed by atoms with Crippen molar-refractivity contribution in [3.05, 3.63) is 235 Å². The van der Waals surface area contributed by atoms with Crippen LogP contribution in [0.2, 0.25) is 0 Å². The van der Waals surface area contributed by atoms with Crippen molar-refractivity contribution in [3.8, 4) is 66.8 Å². The fraction of sp³-hybridized carbons (Fsp3) is 0.100. The van der Waals surface area contributed by atoms with E-state index in [2.05, 4.69) is 245 Å². The average Bonchev–Trinajstić information content (AvgIpc) is 3.69. The first-order valence-electron chi connectivity index (χ1n) is 21.5. The Morgan fingerprint density at radius 1 is 0.279 bits per heavy atom. The molecule has 2 aliphatic rings. The molecule has 0 N–H and O–H groups in total. The van der Waals surface area contributed by atoms with Crippen LogP contribution in [0.4, 0.5) is 17.1 Å².